The zero-order chi connectivity index (χ0) is 20.5. The smallest absolute Gasteiger partial charge is 0.300 e. The fraction of sp³-hybridized carbons (Fsp3) is 0.0833. The van der Waals surface area contributed by atoms with Crippen molar-refractivity contribution in [3.8, 4) is 0 Å². The molecular weight excluding hydrogens is 369 g/mol. The van der Waals surface area contributed by atoms with Crippen LogP contribution in [0.4, 0.5) is 10.1 Å². The first-order valence-electron chi connectivity index (χ1n) is 9.16. The number of carbonyl (C=O) groups excluding carboxylic acids is 2. The van der Waals surface area contributed by atoms with Crippen molar-refractivity contribution in [1.29, 1.82) is 0 Å². The third-order valence-electron chi connectivity index (χ3n) is 5.00. The number of carbonyl (C=O) groups is 2. The third kappa shape index (κ3) is 3.21. The molecule has 1 N–H and O–H groups in total. The minimum atomic E-state index is -1.07. The molecule has 29 heavy (non-hydrogen) atoms. The highest BCUT2D eigenvalue weighted by Gasteiger charge is 2.47. The van der Waals surface area contributed by atoms with Gasteiger partial charge in [-0.3, -0.25) is 14.5 Å². The van der Waals surface area contributed by atoms with Crippen molar-refractivity contribution < 1.29 is 19.1 Å². The molecule has 1 unspecified atom stereocenters. The first-order chi connectivity index (χ1) is 14.0. The topological polar surface area (TPSA) is 57.6 Å². The van der Waals surface area contributed by atoms with Crippen molar-refractivity contribution in [3.63, 3.8) is 0 Å². The molecule has 0 saturated carbocycles. The molecule has 4 rings (SSSR count). The highest BCUT2D eigenvalue weighted by Crippen LogP contribution is 2.42. The number of anilines is 1. The van der Waals surface area contributed by atoms with Crippen molar-refractivity contribution in [3.05, 3.63) is 107 Å². The molecule has 144 valence electrons. The van der Waals surface area contributed by atoms with E-state index < -0.39 is 23.5 Å². The quantitative estimate of drug-likeness (QED) is 0.400. The number of hydrogen-bond acceptors (Lipinski definition) is 3. The Morgan fingerprint density at radius 3 is 2.17 bits per heavy atom. The first kappa shape index (κ1) is 18.6. The molecule has 1 atom stereocenters. The number of para-hydroxylation sites is 1. The van der Waals surface area contributed by atoms with Crippen LogP contribution < -0.4 is 4.90 Å². The number of nitrogens with zero attached hydrogens (tertiary/aromatic N) is 1. The second-order valence-corrected chi connectivity index (χ2v) is 6.89. The summed E-state index contributed by atoms with van der Waals surface area (Å²) in [4.78, 5) is 27.1. The summed E-state index contributed by atoms with van der Waals surface area (Å²) in [5, 5.41) is 10.9. The predicted molar refractivity (Wildman–Crippen MR) is 109 cm³/mol. The van der Waals surface area contributed by atoms with Gasteiger partial charge in [-0.05, 0) is 25.1 Å². The van der Waals surface area contributed by atoms with E-state index in [0.717, 1.165) is 5.56 Å². The highest BCUT2D eigenvalue weighted by atomic mass is 19.1. The lowest BCUT2D eigenvalue weighted by molar-refractivity contribution is -0.132. The zero-order valence-electron chi connectivity index (χ0n) is 15.7. The molecule has 0 aliphatic carbocycles. The number of halogens is 1. The lowest BCUT2D eigenvalue weighted by Crippen LogP contribution is -2.29. The molecule has 5 heteroatoms. The van der Waals surface area contributed by atoms with Crippen LogP contribution in [-0.4, -0.2) is 16.8 Å². The standard InChI is InChI=1S/C24H18FNO3/c1-15-11-13-16(14-12-15)22(27)20-21(18-9-5-6-10-19(18)25)26(24(29)23(20)28)17-7-3-2-4-8-17/h2-14,21,27H,1H3/b22-20-. The van der Waals surface area contributed by atoms with Crippen LogP contribution in [-0.2, 0) is 9.59 Å². The van der Waals surface area contributed by atoms with E-state index in [0.29, 0.717) is 11.3 Å². The van der Waals surface area contributed by atoms with Gasteiger partial charge in [-0.15, -0.1) is 0 Å². The van der Waals surface area contributed by atoms with Crippen LogP contribution in [0.2, 0.25) is 0 Å². The van der Waals surface area contributed by atoms with E-state index in [-0.39, 0.29) is 16.9 Å². The van der Waals surface area contributed by atoms with Gasteiger partial charge in [0.15, 0.2) is 0 Å². The van der Waals surface area contributed by atoms with Crippen LogP contribution in [0.1, 0.15) is 22.7 Å². The van der Waals surface area contributed by atoms with Crippen LogP contribution in [0.15, 0.2) is 84.4 Å². The minimum Gasteiger partial charge on any atom is -0.507 e. The van der Waals surface area contributed by atoms with Gasteiger partial charge in [-0.25, -0.2) is 4.39 Å². The first-order valence-corrected chi connectivity index (χ1v) is 9.16. The van der Waals surface area contributed by atoms with Gasteiger partial charge in [0.05, 0.1) is 11.6 Å². The summed E-state index contributed by atoms with van der Waals surface area (Å²) in [6.45, 7) is 1.90. The molecule has 1 aliphatic heterocycles. The summed E-state index contributed by atoms with van der Waals surface area (Å²) >= 11 is 0. The molecule has 3 aromatic rings. The number of aliphatic hydroxyl groups is 1. The summed E-state index contributed by atoms with van der Waals surface area (Å²) in [6, 6.07) is 20.4. The Morgan fingerprint density at radius 1 is 0.897 bits per heavy atom. The van der Waals surface area contributed by atoms with Crippen molar-refractivity contribution in [1.82, 2.24) is 0 Å². The van der Waals surface area contributed by atoms with Crippen molar-refractivity contribution in [2.24, 2.45) is 0 Å². The van der Waals surface area contributed by atoms with Gasteiger partial charge in [0.1, 0.15) is 11.6 Å². The number of rotatable bonds is 3. The second-order valence-electron chi connectivity index (χ2n) is 6.89. The zero-order valence-corrected chi connectivity index (χ0v) is 15.7. The number of hydrogen-bond donors (Lipinski definition) is 1. The van der Waals surface area contributed by atoms with Crippen LogP contribution in [0.25, 0.3) is 5.76 Å². The maximum absolute atomic E-state index is 14.7. The fourth-order valence-corrected chi connectivity index (χ4v) is 3.55. The van der Waals surface area contributed by atoms with Gasteiger partial charge < -0.3 is 5.11 Å². The Balaban J connectivity index is 1.97. The van der Waals surface area contributed by atoms with Crippen LogP contribution >= 0.6 is 0 Å². The number of ketones is 1. The molecule has 0 bridgehead atoms. The van der Waals surface area contributed by atoms with Crippen LogP contribution in [0, 0.1) is 12.7 Å². The molecule has 1 saturated heterocycles. The number of Topliss-reactive ketones (excluding diaryl/α,β-unsaturated/α-hetero) is 1. The Kier molecular flexibility index (Phi) is 4.72. The van der Waals surface area contributed by atoms with Crippen molar-refractivity contribution in [2.75, 3.05) is 4.90 Å². The number of aryl methyl sites for hydroxylation is 1. The van der Waals surface area contributed by atoms with Gasteiger partial charge in [0.2, 0.25) is 0 Å². The van der Waals surface area contributed by atoms with Gasteiger partial charge in [0, 0.05) is 16.8 Å². The van der Waals surface area contributed by atoms with E-state index in [2.05, 4.69) is 0 Å². The second kappa shape index (κ2) is 7.36. The van der Waals surface area contributed by atoms with Crippen molar-refractivity contribution >= 4 is 23.1 Å². The molecule has 1 heterocycles. The Morgan fingerprint density at radius 2 is 1.52 bits per heavy atom. The molecule has 0 aromatic heterocycles. The van der Waals surface area contributed by atoms with Crippen molar-refractivity contribution in [2.45, 2.75) is 13.0 Å². The lowest BCUT2D eigenvalue weighted by atomic mass is 9.94. The van der Waals surface area contributed by atoms with E-state index in [1.807, 2.05) is 6.92 Å². The molecule has 1 fully saturated rings. The molecule has 0 radical (unpaired) electrons. The van der Waals surface area contributed by atoms with Gasteiger partial charge in [0.25, 0.3) is 11.7 Å². The monoisotopic (exact) mass is 387 g/mol. The SMILES string of the molecule is Cc1ccc(/C(O)=C2/C(=O)C(=O)N(c3ccccc3)C2c2ccccc2F)cc1. The maximum atomic E-state index is 14.7. The summed E-state index contributed by atoms with van der Waals surface area (Å²) in [7, 11) is 0. The van der Waals surface area contributed by atoms with E-state index in [1.54, 1.807) is 60.7 Å². The average molecular weight is 387 g/mol. The van der Waals surface area contributed by atoms with E-state index in [1.165, 1.54) is 23.1 Å². The van der Waals surface area contributed by atoms with Gasteiger partial charge in [-0.1, -0.05) is 66.2 Å². The number of benzene rings is 3. The predicted octanol–water partition coefficient (Wildman–Crippen LogP) is 4.76. The molecule has 0 spiro atoms. The molecule has 3 aromatic carbocycles. The largest absolute Gasteiger partial charge is 0.507 e. The lowest BCUT2D eigenvalue weighted by Gasteiger charge is -2.25. The fourth-order valence-electron chi connectivity index (χ4n) is 3.55. The highest BCUT2D eigenvalue weighted by molar-refractivity contribution is 6.51. The number of amides is 1. The summed E-state index contributed by atoms with van der Waals surface area (Å²) < 4.78 is 14.7. The molecule has 1 aliphatic rings. The Labute approximate surface area is 167 Å². The number of aliphatic hydroxyl groups excluding tert-OH is 1. The third-order valence-corrected chi connectivity index (χ3v) is 5.00. The Bertz CT molecular complexity index is 1120. The normalized spacial score (nSPS) is 18.3. The summed E-state index contributed by atoms with van der Waals surface area (Å²) in [6.07, 6.45) is 0. The van der Waals surface area contributed by atoms with E-state index >= 15 is 0 Å². The Hall–Kier alpha value is -3.73. The molecular formula is C24H18FNO3. The average Bonchev–Trinajstić information content (AvgIpc) is 3.00. The molecule has 4 nitrogen and oxygen atoms in total. The van der Waals surface area contributed by atoms with Crippen LogP contribution in [0.5, 0.6) is 0 Å². The minimum absolute atomic E-state index is 0.132. The maximum Gasteiger partial charge on any atom is 0.300 e. The van der Waals surface area contributed by atoms with E-state index in [9.17, 15) is 19.1 Å². The molecule has 1 amide bonds. The van der Waals surface area contributed by atoms with E-state index in [4.69, 9.17) is 0 Å². The summed E-state index contributed by atoms with van der Waals surface area (Å²) in [5.41, 5.74) is 1.84. The summed E-state index contributed by atoms with van der Waals surface area (Å²) in [5.74, 6) is -2.54. The van der Waals surface area contributed by atoms with Gasteiger partial charge in [-0.2, -0.15) is 0 Å². The van der Waals surface area contributed by atoms with Crippen LogP contribution in [0.3, 0.4) is 0 Å². The van der Waals surface area contributed by atoms with Gasteiger partial charge >= 0.3 is 0 Å².